The second-order valence-corrected chi connectivity index (χ2v) is 7.77. The number of thiazole rings is 1. The minimum Gasteiger partial charge on any atom is -0.497 e. The van der Waals surface area contributed by atoms with Crippen LogP contribution in [0.25, 0.3) is 22.2 Å². The number of aromatic nitrogens is 1. The number of hydrogen-bond donors (Lipinski definition) is 1. The van der Waals surface area contributed by atoms with Crippen molar-refractivity contribution in [2.75, 3.05) is 19.0 Å². The molecule has 1 N–H and O–H groups in total. The fourth-order valence-electron chi connectivity index (χ4n) is 3.02. The molecule has 4 rings (SSSR count). The highest BCUT2D eigenvalue weighted by atomic mass is 32.1. The molecule has 31 heavy (non-hydrogen) atoms. The molecular formula is C23H20N2O5S. The van der Waals surface area contributed by atoms with Crippen molar-refractivity contribution in [2.24, 2.45) is 0 Å². The molecule has 0 atom stereocenters. The standard InChI is InChI=1S/C23H20N2O5S/c1-14-3-5-15(6-4-14)19-13-31-23(24-19)25-21(26)12-30-22(27)9-16-11-29-20-10-17(28-2)7-8-18(16)20/h3-8,10-11,13H,9,12H2,1-2H3,(H,24,25,26). The molecule has 4 aromatic rings. The van der Waals surface area contributed by atoms with Crippen LogP contribution in [0.5, 0.6) is 5.75 Å². The van der Waals surface area contributed by atoms with Gasteiger partial charge in [0.05, 0.1) is 25.5 Å². The number of amides is 1. The number of methoxy groups -OCH3 is 1. The lowest BCUT2D eigenvalue weighted by Crippen LogP contribution is -2.21. The Morgan fingerprint density at radius 3 is 2.74 bits per heavy atom. The van der Waals surface area contributed by atoms with E-state index in [0.29, 0.717) is 22.0 Å². The van der Waals surface area contributed by atoms with Gasteiger partial charge in [0.1, 0.15) is 11.3 Å². The molecule has 2 heterocycles. The van der Waals surface area contributed by atoms with Gasteiger partial charge in [0.2, 0.25) is 0 Å². The number of hydrogen-bond acceptors (Lipinski definition) is 7. The highest BCUT2D eigenvalue weighted by molar-refractivity contribution is 7.14. The lowest BCUT2D eigenvalue weighted by atomic mass is 10.1. The summed E-state index contributed by atoms with van der Waals surface area (Å²) in [6, 6.07) is 13.3. The summed E-state index contributed by atoms with van der Waals surface area (Å²) in [5.41, 5.74) is 4.22. The molecule has 0 unspecified atom stereocenters. The molecule has 0 saturated carbocycles. The largest absolute Gasteiger partial charge is 0.497 e. The summed E-state index contributed by atoms with van der Waals surface area (Å²) >= 11 is 1.31. The number of fused-ring (bicyclic) bond motifs is 1. The third kappa shape index (κ3) is 4.92. The van der Waals surface area contributed by atoms with Crippen molar-refractivity contribution >= 4 is 39.3 Å². The summed E-state index contributed by atoms with van der Waals surface area (Å²) in [4.78, 5) is 28.7. The smallest absolute Gasteiger partial charge is 0.310 e. The van der Waals surface area contributed by atoms with Crippen LogP contribution in [0, 0.1) is 6.92 Å². The predicted molar refractivity (Wildman–Crippen MR) is 118 cm³/mol. The second kappa shape index (κ2) is 9.01. The van der Waals surface area contributed by atoms with Gasteiger partial charge in [0.25, 0.3) is 5.91 Å². The Labute approximate surface area is 182 Å². The molecule has 158 valence electrons. The van der Waals surface area contributed by atoms with Crippen molar-refractivity contribution < 1.29 is 23.5 Å². The number of rotatable bonds is 7. The van der Waals surface area contributed by atoms with Crippen LogP contribution in [-0.4, -0.2) is 30.6 Å². The first-order valence-electron chi connectivity index (χ1n) is 9.54. The molecule has 0 fully saturated rings. The Morgan fingerprint density at radius 2 is 1.97 bits per heavy atom. The highest BCUT2D eigenvalue weighted by Crippen LogP contribution is 2.26. The fraction of sp³-hybridized carbons (Fsp3) is 0.174. The van der Waals surface area contributed by atoms with Crippen molar-refractivity contribution in [1.29, 1.82) is 0 Å². The van der Waals surface area contributed by atoms with Gasteiger partial charge < -0.3 is 13.9 Å². The van der Waals surface area contributed by atoms with E-state index in [2.05, 4.69) is 10.3 Å². The zero-order chi connectivity index (χ0) is 21.8. The average molecular weight is 436 g/mol. The molecule has 7 nitrogen and oxygen atoms in total. The van der Waals surface area contributed by atoms with E-state index in [1.54, 1.807) is 19.2 Å². The maximum Gasteiger partial charge on any atom is 0.310 e. The quantitative estimate of drug-likeness (QED) is 0.426. The van der Waals surface area contributed by atoms with E-state index in [1.165, 1.54) is 17.6 Å². The number of nitrogens with one attached hydrogen (secondary N) is 1. The van der Waals surface area contributed by atoms with E-state index in [9.17, 15) is 9.59 Å². The van der Waals surface area contributed by atoms with Gasteiger partial charge in [-0.15, -0.1) is 11.3 Å². The van der Waals surface area contributed by atoms with Gasteiger partial charge >= 0.3 is 5.97 Å². The fourth-order valence-corrected chi connectivity index (χ4v) is 3.76. The molecule has 0 spiro atoms. The van der Waals surface area contributed by atoms with Gasteiger partial charge in [0, 0.05) is 28.0 Å². The molecule has 0 aliphatic carbocycles. The molecule has 2 aromatic heterocycles. The number of aryl methyl sites for hydroxylation is 1. The number of carbonyl (C=O) groups is 2. The van der Waals surface area contributed by atoms with Gasteiger partial charge in [-0.3, -0.25) is 14.9 Å². The maximum absolute atomic E-state index is 12.2. The Balaban J connectivity index is 1.30. The van der Waals surface area contributed by atoms with Gasteiger partial charge in [-0.25, -0.2) is 4.98 Å². The third-order valence-corrected chi connectivity index (χ3v) is 5.42. The summed E-state index contributed by atoms with van der Waals surface area (Å²) in [6.07, 6.45) is 1.51. The van der Waals surface area contributed by atoms with Crippen LogP contribution < -0.4 is 10.1 Å². The number of carbonyl (C=O) groups excluding carboxylic acids is 2. The van der Waals surface area contributed by atoms with Gasteiger partial charge in [-0.2, -0.15) is 0 Å². The van der Waals surface area contributed by atoms with E-state index in [0.717, 1.165) is 22.2 Å². The van der Waals surface area contributed by atoms with Gasteiger partial charge in [0.15, 0.2) is 11.7 Å². The topological polar surface area (TPSA) is 90.7 Å². The van der Waals surface area contributed by atoms with Crippen LogP contribution in [0.15, 0.2) is 58.5 Å². The van der Waals surface area contributed by atoms with E-state index in [1.807, 2.05) is 42.6 Å². The number of esters is 1. The van der Waals surface area contributed by atoms with Crippen molar-refractivity contribution in [3.63, 3.8) is 0 Å². The average Bonchev–Trinajstić information content (AvgIpc) is 3.39. The number of benzene rings is 2. The molecule has 1 amide bonds. The van der Waals surface area contributed by atoms with Crippen molar-refractivity contribution in [1.82, 2.24) is 4.98 Å². The molecule has 0 saturated heterocycles. The Kier molecular flexibility index (Phi) is 5.99. The van der Waals surface area contributed by atoms with Crippen LogP contribution in [0.2, 0.25) is 0 Å². The monoisotopic (exact) mass is 436 g/mol. The van der Waals surface area contributed by atoms with Crippen LogP contribution in [-0.2, 0) is 20.7 Å². The van der Waals surface area contributed by atoms with Crippen molar-refractivity contribution in [3.05, 3.63) is 65.2 Å². The molecular weight excluding hydrogens is 416 g/mol. The molecule has 8 heteroatoms. The first-order chi connectivity index (χ1) is 15.0. The van der Waals surface area contributed by atoms with Crippen LogP contribution in [0.3, 0.4) is 0 Å². The summed E-state index contributed by atoms with van der Waals surface area (Å²) in [5, 5.41) is 5.78. The highest BCUT2D eigenvalue weighted by Gasteiger charge is 2.14. The minimum atomic E-state index is -0.520. The van der Waals surface area contributed by atoms with Crippen LogP contribution in [0.1, 0.15) is 11.1 Å². The maximum atomic E-state index is 12.2. The Hall–Kier alpha value is -3.65. The molecule has 0 aliphatic rings. The zero-order valence-electron chi connectivity index (χ0n) is 17.0. The number of nitrogens with zero attached hydrogens (tertiary/aromatic N) is 1. The minimum absolute atomic E-state index is 0.00142. The Morgan fingerprint density at radius 1 is 1.16 bits per heavy atom. The Bertz CT molecular complexity index is 1230. The van der Waals surface area contributed by atoms with E-state index in [4.69, 9.17) is 13.9 Å². The number of ether oxygens (including phenoxy) is 2. The summed E-state index contributed by atoms with van der Waals surface area (Å²) in [5.74, 6) is -0.298. The summed E-state index contributed by atoms with van der Waals surface area (Å²) < 4.78 is 15.7. The lowest BCUT2D eigenvalue weighted by Gasteiger charge is -2.04. The van der Waals surface area contributed by atoms with Crippen molar-refractivity contribution in [3.8, 4) is 17.0 Å². The van der Waals surface area contributed by atoms with Crippen molar-refractivity contribution in [2.45, 2.75) is 13.3 Å². The van der Waals surface area contributed by atoms with Gasteiger partial charge in [-0.05, 0) is 19.1 Å². The van der Waals surface area contributed by atoms with Gasteiger partial charge in [-0.1, -0.05) is 29.8 Å². The van der Waals surface area contributed by atoms with E-state index < -0.39 is 11.9 Å². The van der Waals surface area contributed by atoms with E-state index >= 15 is 0 Å². The number of furan rings is 1. The SMILES string of the molecule is COc1ccc2c(CC(=O)OCC(=O)Nc3nc(-c4ccc(C)cc4)cs3)coc2c1. The second-order valence-electron chi connectivity index (χ2n) is 6.91. The molecule has 0 radical (unpaired) electrons. The first kappa shape index (κ1) is 20.6. The number of anilines is 1. The van der Waals surface area contributed by atoms with Crippen LogP contribution >= 0.6 is 11.3 Å². The van der Waals surface area contributed by atoms with E-state index in [-0.39, 0.29) is 13.0 Å². The predicted octanol–water partition coefficient (Wildman–Crippen LogP) is 4.60. The molecule has 0 bridgehead atoms. The lowest BCUT2D eigenvalue weighted by molar-refractivity contribution is -0.146. The summed E-state index contributed by atoms with van der Waals surface area (Å²) in [6.45, 7) is 1.63. The molecule has 0 aliphatic heterocycles. The first-order valence-corrected chi connectivity index (χ1v) is 10.4. The zero-order valence-corrected chi connectivity index (χ0v) is 17.8. The third-order valence-electron chi connectivity index (χ3n) is 4.66. The van der Waals surface area contributed by atoms with Crippen LogP contribution in [0.4, 0.5) is 5.13 Å². The summed E-state index contributed by atoms with van der Waals surface area (Å²) in [7, 11) is 1.57. The normalized spacial score (nSPS) is 10.8. The molecule has 2 aromatic carbocycles.